The number of hydrogen-bond donors (Lipinski definition) is 1. The zero-order chi connectivity index (χ0) is 11.5. The van der Waals surface area contributed by atoms with Crippen molar-refractivity contribution in [3.05, 3.63) is 0 Å². The Morgan fingerprint density at radius 1 is 1.56 bits per heavy atom. The van der Waals surface area contributed by atoms with Gasteiger partial charge in [-0.15, -0.1) is 0 Å². The summed E-state index contributed by atoms with van der Waals surface area (Å²) < 4.78 is 5.35. The van der Waals surface area contributed by atoms with Crippen LogP contribution in [-0.2, 0) is 9.53 Å². The van der Waals surface area contributed by atoms with E-state index in [9.17, 15) is 4.79 Å². The number of carbonyl (C=O) groups excluding carboxylic acids is 1. The summed E-state index contributed by atoms with van der Waals surface area (Å²) in [5.74, 6) is 0.909. The number of ether oxygens (including phenoxy) is 1. The fourth-order valence-electron chi connectivity index (χ4n) is 2.59. The van der Waals surface area contributed by atoms with Crippen LogP contribution < -0.4 is 5.32 Å². The summed E-state index contributed by atoms with van der Waals surface area (Å²) in [5, 5.41) is 3.32. The van der Waals surface area contributed by atoms with Gasteiger partial charge in [0.1, 0.15) is 0 Å². The van der Waals surface area contributed by atoms with Crippen LogP contribution in [0.4, 0.5) is 0 Å². The third-order valence-corrected chi connectivity index (χ3v) is 3.66. The Labute approximate surface area is 97.3 Å². The van der Waals surface area contributed by atoms with Crippen molar-refractivity contribution in [2.24, 2.45) is 5.92 Å². The van der Waals surface area contributed by atoms with Gasteiger partial charge in [-0.1, -0.05) is 6.92 Å². The summed E-state index contributed by atoms with van der Waals surface area (Å²) in [5.41, 5.74) is 0. The van der Waals surface area contributed by atoms with E-state index in [1.807, 2.05) is 11.8 Å². The second-order valence-corrected chi connectivity index (χ2v) is 4.86. The quantitative estimate of drug-likeness (QED) is 0.776. The molecule has 2 saturated heterocycles. The zero-order valence-corrected chi connectivity index (χ0v) is 10.2. The molecule has 2 aliphatic heterocycles. The van der Waals surface area contributed by atoms with E-state index in [0.717, 1.165) is 39.0 Å². The van der Waals surface area contributed by atoms with E-state index in [0.29, 0.717) is 5.92 Å². The van der Waals surface area contributed by atoms with Gasteiger partial charge in [-0.2, -0.15) is 0 Å². The molecule has 0 aromatic heterocycles. The Morgan fingerprint density at radius 2 is 2.38 bits per heavy atom. The minimum Gasteiger partial charge on any atom is -0.381 e. The van der Waals surface area contributed by atoms with E-state index in [4.69, 9.17) is 4.74 Å². The van der Waals surface area contributed by atoms with Crippen molar-refractivity contribution in [2.45, 2.75) is 45.3 Å². The second kappa shape index (κ2) is 5.15. The predicted octanol–water partition coefficient (Wildman–Crippen LogP) is 0.969. The number of nitrogens with one attached hydrogen (secondary N) is 1. The van der Waals surface area contributed by atoms with Crippen molar-refractivity contribution >= 4 is 5.91 Å². The van der Waals surface area contributed by atoms with Crippen LogP contribution in [0.25, 0.3) is 0 Å². The van der Waals surface area contributed by atoms with Gasteiger partial charge in [0.25, 0.3) is 0 Å². The minimum atomic E-state index is -0.00946. The van der Waals surface area contributed by atoms with Crippen molar-refractivity contribution in [3.8, 4) is 0 Å². The lowest BCUT2D eigenvalue weighted by atomic mass is 10.0. The van der Waals surface area contributed by atoms with Crippen LogP contribution >= 0.6 is 0 Å². The highest BCUT2D eigenvalue weighted by molar-refractivity contribution is 5.83. The molecule has 16 heavy (non-hydrogen) atoms. The van der Waals surface area contributed by atoms with Crippen molar-refractivity contribution < 1.29 is 9.53 Å². The number of hydrogen-bond acceptors (Lipinski definition) is 3. The summed E-state index contributed by atoms with van der Waals surface area (Å²) in [6, 6.07) is -0.00946. The Hall–Kier alpha value is -0.610. The van der Waals surface area contributed by atoms with Crippen molar-refractivity contribution in [1.29, 1.82) is 0 Å². The normalized spacial score (nSPS) is 35.0. The molecule has 2 rings (SSSR count). The lowest BCUT2D eigenvalue weighted by Crippen LogP contribution is -2.38. The average Bonchev–Trinajstić information content (AvgIpc) is 2.87. The lowest BCUT2D eigenvalue weighted by Gasteiger charge is -2.24. The molecule has 3 atom stereocenters. The number of rotatable bonds is 4. The highest BCUT2D eigenvalue weighted by Gasteiger charge is 2.35. The predicted molar refractivity (Wildman–Crippen MR) is 61.9 cm³/mol. The molecule has 3 unspecified atom stereocenters. The average molecular weight is 226 g/mol. The Kier molecular flexibility index (Phi) is 3.82. The van der Waals surface area contributed by atoms with Gasteiger partial charge < -0.3 is 9.64 Å². The van der Waals surface area contributed by atoms with Crippen LogP contribution in [0.2, 0.25) is 0 Å². The molecular weight excluding hydrogens is 204 g/mol. The highest BCUT2D eigenvalue weighted by atomic mass is 16.5. The largest absolute Gasteiger partial charge is 0.381 e. The Bertz CT molecular complexity index is 251. The molecule has 0 aromatic rings. The first kappa shape index (κ1) is 11.9. The van der Waals surface area contributed by atoms with E-state index < -0.39 is 0 Å². The highest BCUT2D eigenvalue weighted by Crippen LogP contribution is 2.20. The summed E-state index contributed by atoms with van der Waals surface area (Å²) in [4.78, 5) is 13.9. The molecule has 4 heteroatoms. The SMILES string of the molecule is CCC1NC(C)C(=O)N1CCC1CCOC1. The number of nitrogens with zero attached hydrogens (tertiary/aromatic N) is 1. The van der Waals surface area contributed by atoms with Gasteiger partial charge >= 0.3 is 0 Å². The van der Waals surface area contributed by atoms with Gasteiger partial charge in [0.05, 0.1) is 12.2 Å². The maximum Gasteiger partial charge on any atom is 0.240 e. The molecule has 1 N–H and O–H groups in total. The molecule has 0 saturated carbocycles. The van der Waals surface area contributed by atoms with Gasteiger partial charge in [-0.3, -0.25) is 10.1 Å². The molecule has 92 valence electrons. The van der Waals surface area contributed by atoms with E-state index in [1.165, 1.54) is 0 Å². The molecule has 0 bridgehead atoms. The fraction of sp³-hybridized carbons (Fsp3) is 0.917. The van der Waals surface area contributed by atoms with Crippen LogP contribution in [0, 0.1) is 5.92 Å². The topological polar surface area (TPSA) is 41.6 Å². The third-order valence-electron chi connectivity index (χ3n) is 3.66. The lowest BCUT2D eigenvalue weighted by molar-refractivity contribution is -0.129. The first-order valence-electron chi connectivity index (χ1n) is 6.36. The molecule has 0 spiro atoms. The molecule has 0 aliphatic carbocycles. The Balaban J connectivity index is 1.84. The summed E-state index contributed by atoms with van der Waals surface area (Å²) in [6.45, 7) is 6.72. The molecule has 1 amide bonds. The second-order valence-electron chi connectivity index (χ2n) is 4.86. The van der Waals surface area contributed by atoms with Gasteiger partial charge in [0.15, 0.2) is 0 Å². The van der Waals surface area contributed by atoms with Gasteiger partial charge in [-0.25, -0.2) is 0 Å². The van der Waals surface area contributed by atoms with Crippen LogP contribution in [0.1, 0.15) is 33.1 Å². The summed E-state index contributed by atoms with van der Waals surface area (Å²) >= 11 is 0. The molecule has 4 nitrogen and oxygen atoms in total. The standard InChI is InChI=1S/C12H22N2O2/c1-3-11-13-9(2)12(15)14(11)6-4-10-5-7-16-8-10/h9-11,13H,3-8H2,1-2H3. The molecular formula is C12H22N2O2. The van der Waals surface area contributed by atoms with E-state index in [2.05, 4.69) is 12.2 Å². The number of carbonyl (C=O) groups is 1. The molecule has 2 heterocycles. The molecule has 2 aliphatic rings. The Morgan fingerprint density at radius 3 is 3.00 bits per heavy atom. The van der Waals surface area contributed by atoms with Gasteiger partial charge in [-0.05, 0) is 32.1 Å². The zero-order valence-electron chi connectivity index (χ0n) is 10.2. The summed E-state index contributed by atoms with van der Waals surface area (Å²) in [7, 11) is 0. The van der Waals surface area contributed by atoms with Crippen LogP contribution in [0.3, 0.4) is 0 Å². The van der Waals surface area contributed by atoms with Crippen LogP contribution in [-0.4, -0.2) is 42.8 Å². The first-order valence-corrected chi connectivity index (χ1v) is 6.36. The van der Waals surface area contributed by atoms with E-state index >= 15 is 0 Å². The third kappa shape index (κ3) is 2.38. The fourth-order valence-corrected chi connectivity index (χ4v) is 2.59. The van der Waals surface area contributed by atoms with Crippen molar-refractivity contribution in [3.63, 3.8) is 0 Å². The van der Waals surface area contributed by atoms with Crippen LogP contribution in [0.5, 0.6) is 0 Å². The van der Waals surface area contributed by atoms with E-state index in [1.54, 1.807) is 0 Å². The maximum absolute atomic E-state index is 11.9. The summed E-state index contributed by atoms with van der Waals surface area (Å²) in [6.07, 6.45) is 3.46. The van der Waals surface area contributed by atoms with Gasteiger partial charge in [0, 0.05) is 19.8 Å². The van der Waals surface area contributed by atoms with Crippen LogP contribution in [0.15, 0.2) is 0 Å². The number of amides is 1. The molecule has 0 aromatic carbocycles. The van der Waals surface area contributed by atoms with Crippen molar-refractivity contribution in [1.82, 2.24) is 10.2 Å². The molecule has 0 radical (unpaired) electrons. The molecule has 2 fully saturated rings. The first-order chi connectivity index (χ1) is 7.72. The van der Waals surface area contributed by atoms with E-state index in [-0.39, 0.29) is 18.1 Å². The maximum atomic E-state index is 11.9. The van der Waals surface area contributed by atoms with Gasteiger partial charge in [0.2, 0.25) is 5.91 Å². The smallest absolute Gasteiger partial charge is 0.240 e. The minimum absolute atomic E-state index is 0.00946. The van der Waals surface area contributed by atoms with Crippen molar-refractivity contribution in [2.75, 3.05) is 19.8 Å². The monoisotopic (exact) mass is 226 g/mol.